The van der Waals surface area contributed by atoms with Crippen molar-refractivity contribution in [2.24, 2.45) is 0 Å². The summed E-state index contributed by atoms with van der Waals surface area (Å²) in [5.41, 5.74) is 4.08. The zero-order chi connectivity index (χ0) is 23.4. The minimum atomic E-state index is -0.980. The molecule has 6 nitrogen and oxygen atoms in total. The Morgan fingerprint density at radius 3 is 2.41 bits per heavy atom. The van der Waals surface area contributed by atoms with Crippen LogP contribution in [0.5, 0.6) is 0 Å². The fraction of sp³-hybridized carbons (Fsp3) is 0.240. The number of halogens is 1. The molecule has 2 heterocycles. The number of aryl methyl sites for hydroxylation is 1. The van der Waals surface area contributed by atoms with Crippen LogP contribution in [0.1, 0.15) is 37.5 Å². The van der Waals surface area contributed by atoms with E-state index in [4.69, 9.17) is 0 Å². The number of urea groups is 1. The second kappa shape index (κ2) is 7.44. The van der Waals surface area contributed by atoms with Gasteiger partial charge in [-0.1, -0.05) is 18.2 Å². The molecule has 7 heteroatoms. The van der Waals surface area contributed by atoms with Gasteiger partial charge in [-0.3, -0.25) is 14.9 Å². The molecule has 0 unspecified atom stereocenters. The Kier molecular flexibility index (Phi) is 5.00. The van der Waals surface area contributed by atoms with Crippen LogP contribution < -0.4 is 15.1 Å². The molecule has 32 heavy (non-hydrogen) atoms. The summed E-state index contributed by atoms with van der Waals surface area (Å²) in [7, 11) is 2.02. The summed E-state index contributed by atoms with van der Waals surface area (Å²) in [4.78, 5) is 40.8. The SMILES string of the molecule is CC1=CC(C)(C)N(C)c2cc(C)c(/C=C3/C(=O)NC(=O)N(c4ccccc4F)C3=O)cc21. The summed E-state index contributed by atoms with van der Waals surface area (Å²) >= 11 is 0. The monoisotopic (exact) mass is 433 g/mol. The first-order valence-corrected chi connectivity index (χ1v) is 10.3. The normalized spacial score (nSPS) is 19.1. The van der Waals surface area contributed by atoms with Crippen LogP contribution in [0.15, 0.2) is 48.0 Å². The molecule has 1 N–H and O–H groups in total. The van der Waals surface area contributed by atoms with Gasteiger partial charge in [0, 0.05) is 18.3 Å². The van der Waals surface area contributed by atoms with Gasteiger partial charge in [0.25, 0.3) is 11.8 Å². The molecule has 0 spiro atoms. The van der Waals surface area contributed by atoms with E-state index in [2.05, 4.69) is 30.1 Å². The Morgan fingerprint density at radius 1 is 1.03 bits per heavy atom. The highest BCUT2D eigenvalue weighted by Gasteiger charge is 2.38. The van der Waals surface area contributed by atoms with Crippen LogP contribution >= 0.6 is 0 Å². The Morgan fingerprint density at radius 2 is 1.72 bits per heavy atom. The second-order valence-electron chi connectivity index (χ2n) is 8.68. The summed E-state index contributed by atoms with van der Waals surface area (Å²) in [5, 5.41) is 2.14. The van der Waals surface area contributed by atoms with E-state index in [1.165, 1.54) is 24.3 Å². The molecule has 2 aromatic carbocycles. The number of para-hydroxylation sites is 1. The van der Waals surface area contributed by atoms with Crippen LogP contribution in [0.25, 0.3) is 11.6 Å². The fourth-order valence-electron chi connectivity index (χ4n) is 4.14. The molecule has 2 aliphatic heterocycles. The van der Waals surface area contributed by atoms with Crippen molar-refractivity contribution < 1.29 is 18.8 Å². The fourth-order valence-corrected chi connectivity index (χ4v) is 4.14. The lowest BCUT2D eigenvalue weighted by atomic mass is 9.87. The highest BCUT2D eigenvalue weighted by atomic mass is 19.1. The van der Waals surface area contributed by atoms with Crippen molar-refractivity contribution in [1.82, 2.24) is 5.32 Å². The molecule has 0 bridgehead atoms. The van der Waals surface area contributed by atoms with Crippen molar-refractivity contribution in [2.45, 2.75) is 33.2 Å². The number of hydrogen-bond acceptors (Lipinski definition) is 4. The number of imide groups is 2. The number of carbonyl (C=O) groups excluding carboxylic acids is 3. The standard InChI is InChI=1S/C25H24FN3O3/c1-14-10-21-17(15(2)13-25(3,4)28(21)5)11-16(14)12-18-22(30)27-24(32)29(23(18)31)20-9-7-6-8-19(20)26/h6-13H,1-5H3,(H,27,30,32)/b18-12-. The maximum atomic E-state index is 14.3. The summed E-state index contributed by atoms with van der Waals surface area (Å²) in [6, 6.07) is 8.40. The molecule has 1 saturated heterocycles. The molecule has 164 valence electrons. The number of amides is 4. The van der Waals surface area contributed by atoms with Gasteiger partial charge in [-0.05, 0) is 74.7 Å². The molecule has 4 amide bonds. The van der Waals surface area contributed by atoms with E-state index in [-0.39, 0.29) is 16.8 Å². The van der Waals surface area contributed by atoms with Crippen LogP contribution in [0.4, 0.5) is 20.6 Å². The van der Waals surface area contributed by atoms with Crippen LogP contribution in [-0.4, -0.2) is 30.4 Å². The van der Waals surface area contributed by atoms with Gasteiger partial charge in [0.05, 0.1) is 11.2 Å². The van der Waals surface area contributed by atoms with Crippen LogP contribution in [0.3, 0.4) is 0 Å². The largest absolute Gasteiger partial charge is 0.365 e. The highest BCUT2D eigenvalue weighted by Crippen LogP contribution is 2.39. The zero-order valence-electron chi connectivity index (χ0n) is 18.6. The maximum Gasteiger partial charge on any atom is 0.336 e. The number of rotatable bonds is 2. The van der Waals surface area contributed by atoms with Crippen LogP contribution in [-0.2, 0) is 9.59 Å². The minimum absolute atomic E-state index is 0.149. The van der Waals surface area contributed by atoms with E-state index in [1.807, 2.05) is 33.0 Å². The Bertz CT molecular complexity index is 1240. The lowest BCUT2D eigenvalue weighted by Gasteiger charge is -2.41. The molecular formula is C25H24FN3O3. The summed E-state index contributed by atoms with van der Waals surface area (Å²) in [5.74, 6) is -2.41. The summed E-state index contributed by atoms with van der Waals surface area (Å²) in [6.07, 6.45) is 3.62. The molecule has 1 fully saturated rings. The van der Waals surface area contributed by atoms with Gasteiger partial charge in [0.2, 0.25) is 0 Å². The lowest BCUT2D eigenvalue weighted by Crippen LogP contribution is -2.54. The topological polar surface area (TPSA) is 69.7 Å². The number of nitrogens with one attached hydrogen (secondary N) is 1. The number of anilines is 2. The smallest absolute Gasteiger partial charge is 0.336 e. The predicted octanol–water partition coefficient (Wildman–Crippen LogP) is 4.43. The first kappa shape index (κ1) is 21.5. The average Bonchev–Trinajstić information content (AvgIpc) is 2.71. The van der Waals surface area contributed by atoms with Crippen LogP contribution in [0.2, 0.25) is 0 Å². The van der Waals surface area contributed by atoms with E-state index in [0.29, 0.717) is 10.5 Å². The number of nitrogens with zero attached hydrogens (tertiary/aromatic N) is 2. The van der Waals surface area contributed by atoms with E-state index in [1.54, 1.807) is 0 Å². The van der Waals surface area contributed by atoms with Gasteiger partial charge < -0.3 is 4.90 Å². The molecule has 0 atom stereocenters. The second-order valence-corrected chi connectivity index (χ2v) is 8.68. The zero-order valence-corrected chi connectivity index (χ0v) is 18.6. The van der Waals surface area contributed by atoms with Gasteiger partial charge >= 0.3 is 6.03 Å². The number of carbonyl (C=O) groups is 3. The van der Waals surface area contributed by atoms with Crippen LogP contribution in [0, 0.1) is 12.7 Å². The van der Waals surface area contributed by atoms with Gasteiger partial charge in [-0.25, -0.2) is 14.1 Å². The van der Waals surface area contributed by atoms with Gasteiger partial charge in [-0.2, -0.15) is 0 Å². The first-order chi connectivity index (χ1) is 15.0. The summed E-state index contributed by atoms with van der Waals surface area (Å²) in [6.45, 7) is 8.18. The van der Waals surface area contributed by atoms with Crippen molar-refractivity contribution >= 4 is 40.9 Å². The van der Waals surface area contributed by atoms with Gasteiger partial charge in [-0.15, -0.1) is 0 Å². The average molecular weight is 433 g/mol. The number of likely N-dealkylation sites (N-methyl/N-ethyl adjacent to an activating group) is 1. The van der Waals surface area contributed by atoms with E-state index < -0.39 is 23.7 Å². The first-order valence-electron chi connectivity index (χ1n) is 10.3. The van der Waals surface area contributed by atoms with E-state index >= 15 is 0 Å². The number of fused-ring (bicyclic) bond motifs is 1. The number of barbiturate groups is 1. The quantitative estimate of drug-likeness (QED) is 0.562. The third kappa shape index (κ3) is 3.39. The third-order valence-corrected chi connectivity index (χ3v) is 6.10. The maximum absolute atomic E-state index is 14.3. The summed E-state index contributed by atoms with van der Waals surface area (Å²) < 4.78 is 14.3. The molecule has 0 aromatic heterocycles. The van der Waals surface area contributed by atoms with Crippen molar-refractivity contribution in [3.05, 3.63) is 70.6 Å². The van der Waals surface area contributed by atoms with E-state index in [0.717, 1.165) is 28.5 Å². The molecule has 0 saturated carbocycles. The molecule has 0 radical (unpaired) electrons. The number of allylic oxidation sites excluding steroid dienone is 1. The molecular weight excluding hydrogens is 409 g/mol. The molecule has 4 rings (SSSR count). The minimum Gasteiger partial charge on any atom is -0.365 e. The van der Waals surface area contributed by atoms with Crippen molar-refractivity contribution in [2.75, 3.05) is 16.8 Å². The highest BCUT2D eigenvalue weighted by molar-refractivity contribution is 6.39. The number of benzene rings is 2. The van der Waals surface area contributed by atoms with E-state index in [9.17, 15) is 18.8 Å². The predicted molar refractivity (Wildman–Crippen MR) is 123 cm³/mol. The molecule has 2 aromatic rings. The van der Waals surface area contributed by atoms with Crippen molar-refractivity contribution in [3.63, 3.8) is 0 Å². The Hall–Kier alpha value is -3.74. The Balaban J connectivity index is 1.81. The Labute approximate surface area is 186 Å². The van der Waals surface area contributed by atoms with Gasteiger partial charge in [0.1, 0.15) is 11.4 Å². The van der Waals surface area contributed by atoms with Crippen molar-refractivity contribution in [1.29, 1.82) is 0 Å². The number of hydrogen-bond donors (Lipinski definition) is 1. The van der Waals surface area contributed by atoms with Gasteiger partial charge in [0.15, 0.2) is 0 Å². The third-order valence-electron chi connectivity index (χ3n) is 6.10. The lowest BCUT2D eigenvalue weighted by molar-refractivity contribution is -0.122. The van der Waals surface area contributed by atoms with Crippen molar-refractivity contribution in [3.8, 4) is 0 Å². The molecule has 2 aliphatic rings. The molecule has 0 aliphatic carbocycles.